The van der Waals surface area contributed by atoms with Crippen LogP contribution in [0.3, 0.4) is 0 Å². The van der Waals surface area contributed by atoms with Crippen LogP contribution in [0, 0.1) is 22.1 Å². The van der Waals surface area contributed by atoms with Gasteiger partial charge < -0.3 is 9.47 Å². The molecule has 0 unspecified atom stereocenters. The average molecular weight is 401 g/mol. The molecule has 0 aliphatic heterocycles. The van der Waals surface area contributed by atoms with Gasteiger partial charge in [-0.25, -0.2) is 9.78 Å². The van der Waals surface area contributed by atoms with Gasteiger partial charge in [0.1, 0.15) is 23.0 Å². The van der Waals surface area contributed by atoms with Crippen LogP contribution >= 0.6 is 11.6 Å². The smallest absolute Gasteiger partial charge is 0.423 e. The van der Waals surface area contributed by atoms with E-state index < -0.39 is 44.8 Å². The molecular formula is C16H8ClF3N2O5. The highest BCUT2D eigenvalue weighted by molar-refractivity contribution is 6.31. The van der Waals surface area contributed by atoms with E-state index in [4.69, 9.17) is 16.3 Å². The molecule has 0 radical (unpaired) electrons. The standard InChI is InChI=1S/C16H8ClF3N2O5/c1-2-7-26-15(23)10-8-9(3-4-12(10)22(24)25)27-14-13(16(18,19)20)11(17)5-6-21-14/h3-6,8H,1H3. The molecule has 0 fully saturated rings. The van der Waals surface area contributed by atoms with Crippen molar-refractivity contribution in [2.45, 2.75) is 13.1 Å². The Morgan fingerprint density at radius 2 is 2.04 bits per heavy atom. The fourth-order valence-corrected chi connectivity index (χ4v) is 2.16. The maximum atomic E-state index is 13.1. The number of aromatic nitrogens is 1. The van der Waals surface area contributed by atoms with Gasteiger partial charge in [-0.3, -0.25) is 10.1 Å². The van der Waals surface area contributed by atoms with E-state index in [1.165, 1.54) is 6.92 Å². The fourth-order valence-electron chi connectivity index (χ4n) is 1.92. The molecule has 2 aromatic rings. The summed E-state index contributed by atoms with van der Waals surface area (Å²) >= 11 is 5.57. The Balaban J connectivity index is 2.50. The summed E-state index contributed by atoms with van der Waals surface area (Å²) in [6.45, 7) is 1.37. The second-order valence-corrected chi connectivity index (χ2v) is 5.16. The van der Waals surface area contributed by atoms with Gasteiger partial charge in [0.05, 0.1) is 9.95 Å². The number of alkyl halides is 3. The van der Waals surface area contributed by atoms with E-state index in [0.717, 1.165) is 30.5 Å². The summed E-state index contributed by atoms with van der Waals surface area (Å²) in [5.74, 6) is -0.112. The van der Waals surface area contributed by atoms with Crippen molar-refractivity contribution in [2.24, 2.45) is 0 Å². The molecule has 11 heteroatoms. The Hall–Kier alpha value is -3.32. The van der Waals surface area contributed by atoms with Crippen LogP contribution in [0.5, 0.6) is 11.6 Å². The van der Waals surface area contributed by atoms with E-state index >= 15 is 0 Å². The lowest BCUT2D eigenvalue weighted by Crippen LogP contribution is -2.10. The molecule has 2 rings (SSSR count). The first-order chi connectivity index (χ1) is 12.6. The van der Waals surface area contributed by atoms with E-state index in [1.54, 1.807) is 0 Å². The Bertz CT molecular complexity index is 967. The second kappa shape index (κ2) is 7.92. The number of ether oxygens (including phenoxy) is 2. The van der Waals surface area contributed by atoms with Crippen LogP contribution in [-0.4, -0.2) is 15.9 Å². The summed E-state index contributed by atoms with van der Waals surface area (Å²) in [5.41, 5.74) is -2.53. The molecule has 0 bridgehead atoms. The lowest BCUT2D eigenvalue weighted by atomic mass is 10.1. The van der Waals surface area contributed by atoms with Gasteiger partial charge in [0, 0.05) is 25.3 Å². The SMILES string of the molecule is CC#COC(=O)c1cc(Oc2nccc(Cl)c2C(F)(F)F)ccc1[N+](=O)[O-]. The molecule has 0 saturated carbocycles. The van der Waals surface area contributed by atoms with Gasteiger partial charge in [0.25, 0.3) is 5.69 Å². The number of hydrogen-bond acceptors (Lipinski definition) is 6. The largest absolute Gasteiger partial charge is 0.438 e. The quantitative estimate of drug-likeness (QED) is 0.322. The highest BCUT2D eigenvalue weighted by Gasteiger charge is 2.38. The van der Waals surface area contributed by atoms with E-state index in [2.05, 4.69) is 15.6 Å². The first kappa shape index (κ1) is 20.0. The number of benzene rings is 1. The molecule has 0 amide bonds. The second-order valence-electron chi connectivity index (χ2n) is 4.75. The Morgan fingerprint density at radius 3 is 2.63 bits per heavy atom. The molecule has 0 saturated heterocycles. The number of pyridine rings is 1. The molecule has 0 atom stereocenters. The number of rotatable bonds is 4. The summed E-state index contributed by atoms with van der Waals surface area (Å²) in [7, 11) is 0. The minimum Gasteiger partial charge on any atom is -0.438 e. The van der Waals surface area contributed by atoms with Crippen molar-refractivity contribution < 1.29 is 32.4 Å². The molecule has 1 aromatic heterocycles. The molecule has 27 heavy (non-hydrogen) atoms. The number of esters is 1. The van der Waals surface area contributed by atoms with Crippen molar-refractivity contribution in [3.63, 3.8) is 0 Å². The topological polar surface area (TPSA) is 91.6 Å². The van der Waals surface area contributed by atoms with Crippen LogP contribution in [0.25, 0.3) is 0 Å². The van der Waals surface area contributed by atoms with E-state index in [9.17, 15) is 28.1 Å². The zero-order valence-corrected chi connectivity index (χ0v) is 14.1. The predicted octanol–water partition coefficient (Wildman–Crippen LogP) is 4.59. The van der Waals surface area contributed by atoms with Gasteiger partial charge in [-0.1, -0.05) is 17.5 Å². The number of nitro groups is 1. The number of halogens is 4. The highest BCUT2D eigenvalue weighted by atomic mass is 35.5. The monoisotopic (exact) mass is 400 g/mol. The van der Waals surface area contributed by atoms with Crippen molar-refractivity contribution in [1.29, 1.82) is 0 Å². The molecule has 0 N–H and O–H groups in total. The van der Waals surface area contributed by atoms with Crippen molar-refractivity contribution in [3.05, 3.63) is 56.7 Å². The van der Waals surface area contributed by atoms with Crippen molar-refractivity contribution in [1.82, 2.24) is 4.98 Å². The van der Waals surface area contributed by atoms with Crippen LogP contribution in [0.1, 0.15) is 22.8 Å². The van der Waals surface area contributed by atoms with Crippen molar-refractivity contribution in [2.75, 3.05) is 0 Å². The lowest BCUT2D eigenvalue weighted by molar-refractivity contribution is -0.385. The van der Waals surface area contributed by atoms with Crippen molar-refractivity contribution >= 4 is 23.3 Å². The maximum Gasteiger partial charge on any atom is 0.423 e. The minimum atomic E-state index is -4.86. The normalized spacial score (nSPS) is 10.6. The van der Waals surface area contributed by atoms with Crippen LogP contribution in [0.2, 0.25) is 5.02 Å². The zero-order valence-electron chi connectivity index (χ0n) is 13.3. The number of carbonyl (C=O) groups is 1. The average Bonchev–Trinajstić information content (AvgIpc) is 2.58. The fraction of sp³-hybridized carbons (Fsp3) is 0.125. The number of nitro benzene ring substituents is 1. The Morgan fingerprint density at radius 1 is 1.33 bits per heavy atom. The summed E-state index contributed by atoms with van der Waals surface area (Å²) in [6, 6.07) is 3.66. The first-order valence-corrected chi connectivity index (χ1v) is 7.34. The van der Waals surface area contributed by atoms with E-state index in [1.807, 2.05) is 6.11 Å². The summed E-state index contributed by atoms with van der Waals surface area (Å²) < 4.78 is 49.0. The number of hydrogen-bond donors (Lipinski definition) is 0. The molecule has 0 aliphatic carbocycles. The van der Waals surface area contributed by atoms with Gasteiger partial charge in [-0.2, -0.15) is 13.2 Å². The summed E-state index contributed by atoms with van der Waals surface area (Å²) in [4.78, 5) is 25.6. The molecule has 140 valence electrons. The van der Waals surface area contributed by atoms with Gasteiger partial charge in [-0.05, 0) is 12.1 Å². The highest BCUT2D eigenvalue weighted by Crippen LogP contribution is 2.41. The maximum absolute atomic E-state index is 13.1. The van der Waals surface area contributed by atoms with E-state index in [-0.39, 0.29) is 5.75 Å². The zero-order chi connectivity index (χ0) is 20.2. The molecule has 7 nitrogen and oxygen atoms in total. The van der Waals surface area contributed by atoms with Crippen molar-refractivity contribution in [3.8, 4) is 23.7 Å². The molecular weight excluding hydrogens is 393 g/mol. The lowest BCUT2D eigenvalue weighted by Gasteiger charge is -2.14. The molecule has 0 spiro atoms. The van der Waals surface area contributed by atoms with E-state index in [0.29, 0.717) is 0 Å². The first-order valence-electron chi connectivity index (χ1n) is 6.96. The third-order valence-corrected chi connectivity index (χ3v) is 3.31. The number of carbonyl (C=O) groups excluding carboxylic acids is 1. The van der Waals surface area contributed by atoms with Gasteiger partial charge in [0.2, 0.25) is 5.88 Å². The third kappa shape index (κ3) is 4.65. The summed E-state index contributed by atoms with van der Waals surface area (Å²) in [5, 5.41) is 10.4. The Kier molecular flexibility index (Phi) is 5.87. The predicted molar refractivity (Wildman–Crippen MR) is 86.3 cm³/mol. The minimum absolute atomic E-state index is 0.322. The summed E-state index contributed by atoms with van der Waals surface area (Å²) in [6.07, 6.45) is -1.89. The van der Waals surface area contributed by atoms with Crippen LogP contribution < -0.4 is 4.74 Å². The Labute approximate surface area is 154 Å². The van der Waals surface area contributed by atoms with Gasteiger partial charge >= 0.3 is 12.1 Å². The number of nitrogens with zero attached hydrogens (tertiary/aromatic N) is 2. The molecule has 1 aromatic carbocycles. The van der Waals surface area contributed by atoms with Gasteiger partial charge in [0.15, 0.2) is 0 Å². The molecule has 1 heterocycles. The van der Waals surface area contributed by atoms with Crippen LogP contribution in [0.4, 0.5) is 18.9 Å². The third-order valence-electron chi connectivity index (χ3n) is 2.99. The van der Waals surface area contributed by atoms with Crippen LogP contribution in [-0.2, 0) is 10.9 Å². The molecule has 0 aliphatic rings. The van der Waals surface area contributed by atoms with Gasteiger partial charge in [-0.15, -0.1) is 0 Å². The van der Waals surface area contributed by atoms with Crippen LogP contribution in [0.15, 0.2) is 30.5 Å².